The third kappa shape index (κ3) is 4.55. The minimum absolute atomic E-state index is 0.315. The van der Waals surface area contributed by atoms with Crippen molar-refractivity contribution in [2.24, 2.45) is 5.10 Å². The summed E-state index contributed by atoms with van der Waals surface area (Å²) in [5, 5.41) is 4.63. The van der Waals surface area contributed by atoms with Gasteiger partial charge < -0.3 is 9.30 Å². The molecule has 0 aliphatic rings. The van der Waals surface area contributed by atoms with Gasteiger partial charge in [-0.05, 0) is 68.4 Å². The van der Waals surface area contributed by atoms with Crippen LogP contribution in [0.25, 0.3) is 5.69 Å². The van der Waals surface area contributed by atoms with Crippen LogP contribution in [0.3, 0.4) is 0 Å². The van der Waals surface area contributed by atoms with Crippen LogP contribution in [0.15, 0.2) is 59.7 Å². The summed E-state index contributed by atoms with van der Waals surface area (Å²) in [7, 11) is 1.35. The van der Waals surface area contributed by atoms with Gasteiger partial charge >= 0.3 is 5.97 Å². The van der Waals surface area contributed by atoms with Crippen LogP contribution in [-0.2, 0) is 4.74 Å². The molecular formula is C22H20ClN3O3. The Morgan fingerprint density at radius 2 is 1.66 bits per heavy atom. The smallest absolute Gasteiger partial charge is 0.337 e. The number of aromatic nitrogens is 1. The van der Waals surface area contributed by atoms with Gasteiger partial charge in [0, 0.05) is 33.2 Å². The summed E-state index contributed by atoms with van der Waals surface area (Å²) in [6, 6.07) is 15.7. The second-order valence-corrected chi connectivity index (χ2v) is 6.84. The van der Waals surface area contributed by atoms with Crippen molar-refractivity contribution in [3.63, 3.8) is 0 Å². The Balaban J connectivity index is 1.77. The van der Waals surface area contributed by atoms with Crippen LogP contribution in [0.5, 0.6) is 0 Å². The van der Waals surface area contributed by atoms with Crippen molar-refractivity contribution >= 4 is 29.7 Å². The number of ether oxygens (including phenoxy) is 1. The van der Waals surface area contributed by atoms with Crippen molar-refractivity contribution in [1.82, 2.24) is 9.99 Å². The Bertz CT molecular complexity index is 1070. The summed E-state index contributed by atoms with van der Waals surface area (Å²) in [5.41, 5.74) is 7.22. The predicted molar refractivity (Wildman–Crippen MR) is 113 cm³/mol. The Morgan fingerprint density at radius 3 is 2.28 bits per heavy atom. The third-order valence-corrected chi connectivity index (χ3v) is 4.74. The molecule has 3 rings (SSSR count). The van der Waals surface area contributed by atoms with Gasteiger partial charge in [-0.25, -0.2) is 10.2 Å². The predicted octanol–water partition coefficient (Wildman–Crippen LogP) is 4.30. The highest BCUT2D eigenvalue weighted by atomic mass is 35.5. The Hall–Kier alpha value is -3.38. The molecule has 0 aliphatic carbocycles. The standard InChI is InChI=1S/C22H20ClN3O3/c1-14-12-18(13-24-25-21(27)16-4-8-19(23)9-5-16)15(2)26(14)20-10-6-17(7-11-20)22(28)29-3/h4-13H,1-3H3,(H,25,27)/b24-13-. The maximum atomic E-state index is 12.1. The number of rotatable bonds is 5. The Kier molecular flexibility index (Phi) is 6.14. The topological polar surface area (TPSA) is 72.7 Å². The number of aryl methyl sites for hydroxylation is 1. The van der Waals surface area contributed by atoms with E-state index in [0.29, 0.717) is 16.1 Å². The molecule has 0 atom stereocenters. The molecule has 0 radical (unpaired) electrons. The fourth-order valence-corrected chi connectivity index (χ4v) is 3.13. The molecule has 0 bridgehead atoms. The summed E-state index contributed by atoms with van der Waals surface area (Å²) >= 11 is 5.83. The molecule has 29 heavy (non-hydrogen) atoms. The number of amides is 1. The van der Waals surface area contributed by atoms with Gasteiger partial charge in [0.1, 0.15) is 0 Å². The molecule has 3 aromatic rings. The van der Waals surface area contributed by atoms with Gasteiger partial charge in [0.15, 0.2) is 0 Å². The van der Waals surface area contributed by atoms with E-state index in [1.807, 2.05) is 36.6 Å². The second kappa shape index (κ2) is 8.75. The van der Waals surface area contributed by atoms with E-state index in [-0.39, 0.29) is 11.9 Å². The SMILES string of the molecule is COC(=O)c1ccc(-n2c(C)cc(/C=N\NC(=O)c3ccc(Cl)cc3)c2C)cc1. The van der Waals surface area contributed by atoms with Crippen molar-refractivity contribution in [2.45, 2.75) is 13.8 Å². The van der Waals surface area contributed by atoms with Gasteiger partial charge in [-0.1, -0.05) is 11.6 Å². The summed E-state index contributed by atoms with van der Waals surface area (Å²) in [5.74, 6) is -0.688. The zero-order valence-electron chi connectivity index (χ0n) is 16.3. The molecule has 6 nitrogen and oxygen atoms in total. The highest BCUT2D eigenvalue weighted by Gasteiger charge is 2.11. The minimum atomic E-state index is -0.373. The van der Waals surface area contributed by atoms with Crippen LogP contribution in [0.1, 0.15) is 37.7 Å². The molecule has 1 heterocycles. The number of halogens is 1. The molecular weight excluding hydrogens is 390 g/mol. The zero-order valence-corrected chi connectivity index (χ0v) is 17.0. The maximum absolute atomic E-state index is 12.1. The molecule has 0 saturated heterocycles. The maximum Gasteiger partial charge on any atom is 0.337 e. The molecule has 1 aromatic heterocycles. The van der Waals surface area contributed by atoms with E-state index < -0.39 is 0 Å². The lowest BCUT2D eigenvalue weighted by molar-refractivity contribution is 0.0600. The molecule has 2 aromatic carbocycles. The van der Waals surface area contributed by atoms with E-state index in [1.54, 1.807) is 42.6 Å². The van der Waals surface area contributed by atoms with E-state index in [1.165, 1.54) is 7.11 Å². The quantitative estimate of drug-likeness (QED) is 0.388. The molecule has 7 heteroatoms. The fraction of sp³-hybridized carbons (Fsp3) is 0.136. The van der Waals surface area contributed by atoms with E-state index in [0.717, 1.165) is 22.6 Å². The number of hydrogen-bond donors (Lipinski definition) is 1. The molecule has 0 aliphatic heterocycles. The molecule has 0 spiro atoms. The van der Waals surface area contributed by atoms with Gasteiger partial charge in [0.2, 0.25) is 0 Å². The average Bonchev–Trinajstić information content (AvgIpc) is 3.01. The lowest BCUT2D eigenvalue weighted by Gasteiger charge is -2.10. The van der Waals surface area contributed by atoms with Crippen molar-refractivity contribution in [3.8, 4) is 5.69 Å². The number of nitrogens with one attached hydrogen (secondary N) is 1. The summed E-state index contributed by atoms with van der Waals surface area (Å²) in [6.45, 7) is 3.94. The number of hydrogen-bond acceptors (Lipinski definition) is 4. The summed E-state index contributed by atoms with van der Waals surface area (Å²) in [4.78, 5) is 23.7. The number of nitrogens with zero attached hydrogens (tertiary/aromatic N) is 2. The highest BCUT2D eigenvalue weighted by Crippen LogP contribution is 2.20. The molecule has 0 unspecified atom stereocenters. The number of carbonyl (C=O) groups is 2. The van der Waals surface area contributed by atoms with Crippen molar-refractivity contribution in [2.75, 3.05) is 7.11 Å². The monoisotopic (exact) mass is 409 g/mol. The van der Waals surface area contributed by atoms with Gasteiger partial charge in [-0.3, -0.25) is 4.79 Å². The van der Waals surface area contributed by atoms with E-state index in [4.69, 9.17) is 16.3 Å². The summed E-state index contributed by atoms with van der Waals surface area (Å²) in [6.07, 6.45) is 1.61. The first-order valence-corrected chi connectivity index (χ1v) is 9.25. The molecule has 148 valence electrons. The van der Waals surface area contributed by atoms with Crippen LogP contribution < -0.4 is 5.43 Å². The van der Waals surface area contributed by atoms with Crippen molar-refractivity contribution in [3.05, 3.63) is 87.7 Å². The van der Waals surface area contributed by atoms with Crippen LogP contribution >= 0.6 is 11.6 Å². The molecule has 0 saturated carbocycles. The summed E-state index contributed by atoms with van der Waals surface area (Å²) < 4.78 is 6.78. The molecule has 1 amide bonds. The fourth-order valence-electron chi connectivity index (χ4n) is 3.01. The van der Waals surface area contributed by atoms with Crippen molar-refractivity contribution < 1.29 is 14.3 Å². The van der Waals surface area contributed by atoms with Gasteiger partial charge in [-0.2, -0.15) is 5.10 Å². The number of hydrazone groups is 1. The van der Waals surface area contributed by atoms with Crippen molar-refractivity contribution in [1.29, 1.82) is 0 Å². The highest BCUT2D eigenvalue weighted by molar-refractivity contribution is 6.30. The lowest BCUT2D eigenvalue weighted by Crippen LogP contribution is -2.17. The van der Waals surface area contributed by atoms with Gasteiger partial charge in [0.05, 0.1) is 18.9 Å². The van der Waals surface area contributed by atoms with Crippen LogP contribution in [-0.4, -0.2) is 29.8 Å². The van der Waals surface area contributed by atoms with Gasteiger partial charge in [-0.15, -0.1) is 0 Å². The normalized spacial score (nSPS) is 10.9. The molecule has 1 N–H and O–H groups in total. The number of esters is 1. The third-order valence-electron chi connectivity index (χ3n) is 4.49. The number of carbonyl (C=O) groups excluding carboxylic acids is 2. The first-order chi connectivity index (χ1) is 13.9. The number of methoxy groups -OCH3 is 1. The minimum Gasteiger partial charge on any atom is -0.465 e. The van der Waals surface area contributed by atoms with Crippen LogP contribution in [0.4, 0.5) is 0 Å². The Morgan fingerprint density at radius 1 is 1.03 bits per heavy atom. The van der Waals surface area contributed by atoms with E-state index >= 15 is 0 Å². The van der Waals surface area contributed by atoms with Gasteiger partial charge in [0.25, 0.3) is 5.91 Å². The second-order valence-electron chi connectivity index (χ2n) is 6.41. The average molecular weight is 410 g/mol. The van der Waals surface area contributed by atoms with E-state index in [2.05, 4.69) is 10.5 Å². The molecule has 0 fully saturated rings. The first-order valence-electron chi connectivity index (χ1n) is 8.87. The lowest BCUT2D eigenvalue weighted by atomic mass is 10.2. The van der Waals surface area contributed by atoms with Crippen LogP contribution in [0.2, 0.25) is 5.02 Å². The van der Waals surface area contributed by atoms with E-state index in [9.17, 15) is 9.59 Å². The zero-order chi connectivity index (χ0) is 21.0. The Labute approximate surface area is 173 Å². The largest absolute Gasteiger partial charge is 0.465 e. The number of benzene rings is 2. The van der Waals surface area contributed by atoms with Crippen LogP contribution in [0, 0.1) is 13.8 Å². The first kappa shape index (κ1) is 20.4.